The van der Waals surface area contributed by atoms with Crippen LogP contribution in [0.15, 0.2) is 52.0 Å². The van der Waals surface area contributed by atoms with Crippen LogP contribution in [0.3, 0.4) is 0 Å². The van der Waals surface area contributed by atoms with E-state index in [1.165, 1.54) is 12.3 Å². The van der Waals surface area contributed by atoms with Crippen molar-refractivity contribution in [2.24, 2.45) is 0 Å². The number of aryl methyl sites for hydroxylation is 1. The molecule has 0 saturated heterocycles. The lowest BCUT2D eigenvalue weighted by molar-refractivity contribution is 0.0934. The lowest BCUT2D eigenvalue weighted by Gasteiger charge is -2.17. The Labute approximate surface area is 184 Å². The summed E-state index contributed by atoms with van der Waals surface area (Å²) in [6.45, 7) is 3.28. The van der Waals surface area contributed by atoms with Crippen molar-refractivity contribution in [3.8, 4) is 11.5 Å². The van der Waals surface area contributed by atoms with Gasteiger partial charge in [-0.05, 0) is 55.5 Å². The molecule has 0 fully saturated rings. The van der Waals surface area contributed by atoms with E-state index in [4.69, 9.17) is 4.42 Å². The fourth-order valence-electron chi connectivity index (χ4n) is 2.96. The number of benzene rings is 2. The van der Waals surface area contributed by atoms with E-state index in [0.29, 0.717) is 17.0 Å². The Hall–Kier alpha value is -2.85. The van der Waals surface area contributed by atoms with Crippen molar-refractivity contribution >= 4 is 33.4 Å². The number of thioether (sulfide) groups is 1. The number of sulfonamides is 1. The minimum Gasteiger partial charge on any atom is -0.444 e. The number of hydrogen-bond acceptors (Lipinski definition) is 6. The van der Waals surface area contributed by atoms with Crippen molar-refractivity contribution in [1.82, 2.24) is 10.3 Å². The third kappa shape index (κ3) is 5.65. The summed E-state index contributed by atoms with van der Waals surface area (Å²) in [6, 6.07) is 9.85. The molecule has 2 aromatic carbocycles. The molecule has 3 aromatic rings. The van der Waals surface area contributed by atoms with Gasteiger partial charge in [0.1, 0.15) is 12.1 Å². The Kier molecular flexibility index (Phi) is 6.71. The summed E-state index contributed by atoms with van der Waals surface area (Å²) in [5.41, 5.74) is 1.63. The summed E-state index contributed by atoms with van der Waals surface area (Å²) in [5, 5.41) is 2.75. The third-order valence-electron chi connectivity index (χ3n) is 4.50. The topological polar surface area (TPSA) is 101 Å². The summed E-state index contributed by atoms with van der Waals surface area (Å²) in [4.78, 5) is 17.9. The first-order chi connectivity index (χ1) is 14.6. The first-order valence-electron chi connectivity index (χ1n) is 9.26. The molecule has 0 aliphatic carbocycles. The molecule has 3 rings (SSSR count). The van der Waals surface area contributed by atoms with Crippen LogP contribution in [0.25, 0.3) is 11.5 Å². The zero-order chi connectivity index (χ0) is 22.8. The molecule has 0 spiro atoms. The zero-order valence-electron chi connectivity index (χ0n) is 17.4. The number of hydrogen-bond donors (Lipinski definition) is 2. The maximum absolute atomic E-state index is 14.4. The van der Waals surface area contributed by atoms with Gasteiger partial charge in [0.2, 0.25) is 15.9 Å². The molecular weight excluding hydrogens is 441 g/mol. The van der Waals surface area contributed by atoms with Crippen molar-refractivity contribution in [2.45, 2.75) is 24.8 Å². The van der Waals surface area contributed by atoms with Crippen LogP contribution in [0.5, 0.6) is 0 Å². The molecule has 2 N–H and O–H groups in total. The molecule has 1 amide bonds. The van der Waals surface area contributed by atoms with E-state index in [2.05, 4.69) is 15.0 Å². The average Bonchev–Trinajstić information content (AvgIpc) is 3.20. The molecule has 7 nitrogen and oxygen atoms in total. The largest absolute Gasteiger partial charge is 0.444 e. The lowest BCUT2D eigenvalue weighted by atomic mass is 10.0. The smallest absolute Gasteiger partial charge is 0.273 e. The molecule has 0 aliphatic heterocycles. The molecule has 0 saturated carbocycles. The van der Waals surface area contributed by atoms with Crippen LogP contribution in [0.2, 0.25) is 0 Å². The SMILES string of the molecule is CSc1cccc(-c2nc(C(=O)N[C@H](C)c3cc(C)c(NS(C)(=O)=O)c(F)c3)co2)c1. The highest BCUT2D eigenvalue weighted by Gasteiger charge is 2.19. The fourth-order valence-corrected chi connectivity index (χ4v) is 4.04. The van der Waals surface area contributed by atoms with Gasteiger partial charge in [-0.15, -0.1) is 11.8 Å². The molecule has 1 heterocycles. The zero-order valence-corrected chi connectivity index (χ0v) is 19.0. The molecule has 1 aromatic heterocycles. The van der Waals surface area contributed by atoms with Crippen molar-refractivity contribution in [2.75, 3.05) is 17.2 Å². The normalized spacial score (nSPS) is 12.4. The van der Waals surface area contributed by atoms with Crippen molar-refractivity contribution in [1.29, 1.82) is 0 Å². The summed E-state index contributed by atoms with van der Waals surface area (Å²) in [7, 11) is -3.62. The van der Waals surface area contributed by atoms with Crippen LogP contribution in [0.1, 0.15) is 34.6 Å². The Morgan fingerprint density at radius 2 is 2.00 bits per heavy atom. The summed E-state index contributed by atoms with van der Waals surface area (Å²) >= 11 is 1.59. The van der Waals surface area contributed by atoms with Crippen molar-refractivity contribution in [3.05, 3.63) is 65.3 Å². The molecule has 31 heavy (non-hydrogen) atoms. The predicted octanol–water partition coefficient (Wildman–Crippen LogP) is 4.37. The van der Waals surface area contributed by atoms with Gasteiger partial charge in [0.15, 0.2) is 5.69 Å². The van der Waals surface area contributed by atoms with E-state index in [0.717, 1.165) is 16.7 Å². The first kappa shape index (κ1) is 22.8. The Balaban J connectivity index is 1.76. The molecule has 10 heteroatoms. The van der Waals surface area contributed by atoms with E-state index in [9.17, 15) is 17.6 Å². The maximum Gasteiger partial charge on any atom is 0.273 e. The number of amides is 1. The molecule has 164 valence electrons. The second kappa shape index (κ2) is 9.11. The maximum atomic E-state index is 14.4. The second-order valence-corrected chi connectivity index (χ2v) is 9.66. The van der Waals surface area contributed by atoms with E-state index in [-0.39, 0.29) is 11.4 Å². The number of halogens is 1. The highest BCUT2D eigenvalue weighted by molar-refractivity contribution is 7.98. The van der Waals surface area contributed by atoms with E-state index in [1.807, 2.05) is 30.5 Å². The Bertz CT molecular complexity index is 1200. The highest BCUT2D eigenvalue weighted by atomic mass is 32.2. The number of nitrogens with one attached hydrogen (secondary N) is 2. The van der Waals surface area contributed by atoms with Crippen molar-refractivity contribution < 1.29 is 22.0 Å². The lowest BCUT2D eigenvalue weighted by Crippen LogP contribution is -2.27. The Morgan fingerprint density at radius 1 is 1.26 bits per heavy atom. The van der Waals surface area contributed by atoms with Crippen LogP contribution in [0, 0.1) is 12.7 Å². The van der Waals surface area contributed by atoms with Gasteiger partial charge in [-0.3, -0.25) is 9.52 Å². The van der Waals surface area contributed by atoms with Gasteiger partial charge >= 0.3 is 0 Å². The van der Waals surface area contributed by atoms with Crippen LogP contribution in [-0.2, 0) is 10.0 Å². The van der Waals surface area contributed by atoms with Crippen LogP contribution >= 0.6 is 11.8 Å². The average molecular weight is 464 g/mol. The predicted molar refractivity (Wildman–Crippen MR) is 119 cm³/mol. The van der Waals surface area contributed by atoms with Gasteiger partial charge in [0.05, 0.1) is 18.0 Å². The van der Waals surface area contributed by atoms with Crippen molar-refractivity contribution in [3.63, 3.8) is 0 Å². The van der Waals surface area contributed by atoms with Gasteiger partial charge in [-0.25, -0.2) is 17.8 Å². The number of rotatable bonds is 7. The van der Waals surface area contributed by atoms with Gasteiger partial charge in [0.25, 0.3) is 5.91 Å². The molecule has 0 unspecified atom stereocenters. The van der Waals surface area contributed by atoms with E-state index in [1.54, 1.807) is 31.7 Å². The second-order valence-electron chi connectivity index (χ2n) is 7.03. The number of carbonyl (C=O) groups excluding carboxylic acids is 1. The molecule has 0 aliphatic rings. The van der Waals surface area contributed by atoms with Gasteiger partial charge in [-0.2, -0.15) is 0 Å². The number of carbonyl (C=O) groups is 1. The quantitative estimate of drug-likeness (QED) is 0.505. The summed E-state index contributed by atoms with van der Waals surface area (Å²) < 4.78 is 44.9. The van der Waals surface area contributed by atoms with Gasteiger partial charge in [0, 0.05) is 10.5 Å². The number of nitrogens with zero attached hydrogens (tertiary/aromatic N) is 1. The Morgan fingerprint density at radius 3 is 2.65 bits per heavy atom. The van der Waals surface area contributed by atoms with Crippen LogP contribution in [0.4, 0.5) is 10.1 Å². The minimum absolute atomic E-state index is 0.101. The molecular formula is C21H22FN3O4S2. The van der Waals surface area contributed by atoms with Crippen LogP contribution < -0.4 is 10.0 Å². The van der Waals surface area contributed by atoms with Crippen LogP contribution in [-0.4, -0.2) is 31.8 Å². The number of oxazole rings is 1. The molecule has 1 atom stereocenters. The number of aromatic nitrogens is 1. The summed E-state index contributed by atoms with van der Waals surface area (Å²) in [5.74, 6) is -0.870. The van der Waals surface area contributed by atoms with E-state index < -0.39 is 27.8 Å². The highest BCUT2D eigenvalue weighted by Crippen LogP contribution is 2.27. The minimum atomic E-state index is -3.62. The van der Waals surface area contributed by atoms with E-state index >= 15 is 0 Å². The monoisotopic (exact) mass is 463 g/mol. The standard InChI is InChI=1S/C21H22FN3O4S2/c1-12-8-15(10-17(22)19(12)25-31(4,27)28)13(2)23-20(26)18-11-29-21(24-18)14-6-5-7-16(9-14)30-3/h5-11,13,25H,1-4H3,(H,23,26)/t13-/m1/s1. The molecule has 0 bridgehead atoms. The van der Waals surface area contributed by atoms with Gasteiger partial charge in [-0.1, -0.05) is 12.1 Å². The first-order valence-corrected chi connectivity index (χ1v) is 12.4. The fraction of sp³-hybridized carbons (Fsp3) is 0.238. The number of anilines is 1. The molecule has 0 radical (unpaired) electrons. The summed E-state index contributed by atoms with van der Waals surface area (Å²) in [6.07, 6.45) is 4.18. The van der Waals surface area contributed by atoms with Gasteiger partial charge < -0.3 is 9.73 Å². The third-order valence-corrected chi connectivity index (χ3v) is 5.80.